The molecule has 1 saturated carbocycles. The highest BCUT2D eigenvalue weighted by molar-refractivity contribution is 7.15. The number of halogens is 1. The third kappa shape index (κ3) is 5.83. The van der Waals surface area contributed by atoms with Crippen LogP contribution in [0.3, 0.4) is 0 Å². The molecule has 1 amide bonds. The quantitative estimate of drug-likeness (QED) is 0.801. The van der Waals surface area contributed by atoms with E-state index in [1.54, 1.807) is 11.3 Å². The number of aromatic nitrogens is 1. The molecule has 1 fully saturated rings. The fourth-order valence-corrected chi connectivity index (χ4v) is 5.01. The molecule has 2 heterocycles. The summed E-state index contributed by atoms with van der Waals surface area (Å²) >= 11 is 7.66. The summed E-state index contributed by atoms with van der Waals surface area (Å²) in [5.41, 5.74) is 0.744. The maximum Gasteiger partial charge on any atom is 0.407 e. The average Bonchev–Trinajstić information content (AvgIpc) is 2.91. The van der Waals surface area contributed by atoms with Crippen molar-refractivity contribution in [1.29, 1.82) is 0 Å². The molecule has 2 aliphatic rings. The maximum absolute atomic E-state index is 11.9. The van der Waals surface area contributed by atoms with Gasteiger partial charge in [-0.05, 0) is 71.8 Å². The minimum atomic E-state index is -0.433. The number of fused-ring (bicyclic) bond motifs is 1. The van der Waals surface area contributed by atoms with Gasteiger partial charge in [0.05, 0.1) is 5.69 Å². The third-order valence-corrected chi connectivity index (χ3v) is 6.46. The SMILES string of the molecule is CC(C)(C)OC(=O)N[C@H]1CC[C@H](CCN2CCc3sc(Cl)nc3C2)CC1. The predicted molar refractivity (Wildman–Crippen MR) is 106 cm³/mol. The van der Waals surface area contributed by atoms with Gasteiger partial charge in [0.1, 0.15) is 5.60 Å². The van der Waals surface area contributed by atoms with Crippen molar-refractivity contribution in [3.63, 3.8) is 0 Å². The summed E-state index contributed by atoms with van der Waals surface area (Å²) in [6, 6.07) is 0.260. The second kappa shape index (κ2) is 8.44. The average molecular weight is 400 g/mol. The number of amides is 1. The zero-order chi connectivity index (χ0) is 18.7. The first-order valence-electron chi connectivity index (χ1n) is 9.64. The van der Waals surface area contributed by atoms with Crippen LogP contribution in [0.4, 0.5) is 4.79 Å². The van der Waals surface area contributed by atoms with Crippen LogP contribution in [-0.4, -0.2) is 40.7 Å². The molecule has 1 aliphatic heterocycles. The summed E-state index contributed by atoms with van der Waals surface area (Å²) in [7, 11) is 0. The van der Waals surface area contributed by atoms with Gasteiger partial charge in [-0.15, -0.1) is 11.3 Å². The lowest BCUT2D eigenvalue weighted by molar-refractivity contribution is 0.0485. The molecule has 0 aromatic carbocycles. The van der Waals surface area contributed by atoms with Crippen molar-refractivity contribution in [1.82, 2.24) is 15.2 Å². The molecule has 0 saturated heterocycles. The van der Waals surface area contributed by atoms with Crippen LogP contribution < -0.4 is 5.32 Å². The number of nitrogens with one attached hydrogen (secondary N) is 1. The van der Waals surface area contributed by atoms with E-state index in [0.717, 1.165) is 44.8 Å². The molecule has 0 bridgehead atoms. The number of carbonyl (C=O) groups is 1. The van der Waals surface area contributed by atoms with E-state index in [9.17, 15) is 4.79 Å². The van der Waals surface area contributed by atoms with Crippen molar-refractivity contribution in [3.05, 3.63) is 15.0 Å². The van der Waals surface area contributed by atoms with Crippen molar-refractivity contribution in [2.45, 2.75) is 77.5 Å². The Morgan fingerprint density at radius 3 is 2.77 bits per heavy atom. The van der Waals surface area contributed by atoms with Gasteiger partial charge in [0, 0.05) is 24.0 Å². The van der Waals surface area contributed by atoms with Crippen molar-refractivity contribution < 1.29 is 9.53 Å². The van der Waals surface area contributed by atoms with Crippen LogP contribution in [0.2, 0.25) is 4.47 Å². The Bertz CT molecular complexity index is 621. The molecular weight excluding hydrogens is 370 g/mol. The van der Waals surface area contributed by atoms with E-state index in [0.29, 0.717) is 4.47 Å². The van der Waals surface area contributed by atoms with Crippen LogP contribution in [0.1, 0.15) is 63.4 Å². The highest BCUT2D eigenvalue weighted by atomic mass is 35.5. The smallest absolute Gasteiger partial charge is 0.407 e. The molecule has 0 atom stereocenters. The molecule has 146 valence electrons. The first-order chi connectivity index (χ1) is 12.3. The summed E-state index contributed by atoms with van der Waals surface area (Å²) in [6.45, 7) is 8.87. The zero-order valence-corrected chi connectivity index (χ0v) is 17.6. The van der Waals surface area contributed by atoms with Gasteiger partial charge < -0.3 is 10.1 Å². The number of thiazole rings is 1. The van der Waals surface area contributed by atoms with E-state index in [2.05, 4.69) is 15.2 Å². The Labute approximate surface area is 165 Å². The number of hydrogen-bond donors (Lipinski definition) is 1. The van der Waals surface area contributed by atoms with Crippen LogP contribution in [0.15, 0.2) is 0 Å². The molecular formula is C19H30ClN3O2S. The number of carbonyl (C=O) groups excluding carboxylic acids is 1. The topological polar surface area (TPSA) is 54.5 Å². The molecule has 1 aromatic rings. The van der Waals surface area contributed by atoms with Crippen molar-refractivity contribution >= 4 is 29.0 Å². The van der Waals surface area contributed by atoms with Crippen molar-refractivity contribution in [3.8, 4) is 0 Å². The molecule has 5 nitrogen and oxygen atoms in total. The van der Waals surface area contributed by atoms with Gasteiger partial charge in [-0.25, -0.2) is 9.78 Å². The standard InChI is InChI=1S/C19H30ClN3O2S/c1-19(2,3)25-18(24)21-14-6-4-13(5-7-14)8-10-23-11-9-16-15(12-23)22-17(20)26-16/h13-14H,4-12H2,1-3H3,(H,21,24)/t13-,14-. The molecule has 0 radical (unpaired) electrons. The molecule has 1 aliphatic carbocycles. The number of ether oxygens (including phenoxy) is 1. The summed E-state index contributed by atoms with van der Waals surface area (Å²) in [5.74, 6) is 0.757. The van der Waals surface area contributed by atoms with Crippen LogP contribution in [0.25, 0.3) is 0 Å². The Balaban J connectivity index is 1.35. The Morgan fingerprint density at radius 2 is 2.08 bits per heavy atom. The van der Waals surface area contributed by atoms with Gasteiger partial charge in [-0.2, -0.15) is 0 Å². The predicted octanol–water partition coefficient (Wildman–Crippen LogP) is 4.63. The number of nitrogens with zero attached hydrogens (tertiary/aromatic N) is 2. The lowest BCUT2D eigenvalue weighted by Gasteiger charge is -2.32. The van der Waals surface area contributed by atoms with Gasteiger partial charge in [0.2, 0.25) is 0 Å². The van der Waals surface area contributed by atoms with E-state index < -0.39 is 5.60 Å². The second-order valence-electron chi connectivity index (χ2n) is 8.52. The van der Waals surface area contributed by atoms with Gasteiger partial charge in [0.15, 0.2) is 4.47 Å². The Morgan fingerprint density at radius 1 is 1.35 bits per heavy atom. The second-order valence-corrected chi connectivity index (χ2v) is 10.2. The minimum absolute atomic E-state index is 0.260. The third-order valence-electron chi connectivity index (χ3n) is 5.20. The molecule has 0 unspecified atom stereocenters. The van der Waals surface area contributed by atoms with Crippen LogP contribution in [0.5, 0.6) is 0 Å². The van der Waals surface area contributed by atoms with Gasteiger partial charge in [-0.3, -0.25) is 4.90 Å². The number of rotatable bonds is 4. The van der Waals surface area contributed by atoms with E-state index in [4.69, 9.17) is 16.3 Å². The first-order valence-corrected chi connectivity index (χ1v) is 10.8. The summed E-state index contributed by atoms with van der Waals surface area (Å²) in [4.78, 5) is 20.2. The summed E-state index contributed by atoms with van der Waals surface area (Å²) in [5, 5.41) is 3.02. The van der Waals surface area contributed by atoms with Crippen LogP contribution in [0, 0.1) is 5.92 Å². The highest BCUT2D eigenvalue weighted by Crippen LogP contribution is 2.30. The van der Waals surface area contributed by atoms with Crippen LogP contribution in [-0.2, 0) is 17.7 Å². The lowest BCUT2D eigenvalue weighted by Crippen LogP contribution is -2.41. The molecule has 0 spiro atoms. The van der Waals surface area contributed by atoms with E-state index in [1.807, 2.05) is 20.8 Å². The maximum atomic E-state index is 11.9. The Hall–Kier alpha value is -0.850. The van der Waals surface area contributed by atoms with Gasteiger partial charge >= 0.3 is 6.09 Å². The monoisotopic (exact) mass is 399 g/mol. The van der Waals surface area contributed by atoms with Crippen LogP contribution >= 0.6 is 22.9 Å². The summed E-state index contributed by atoms with van der Waals surface area (Å²) in [6.07, 6.45) is 6.49. The first kappa shape index (κ1) is 19.9. The van der Waals surface area contributed by atoms with Crippen molar-refractivity contribution in [2.75, 3.05) is 13.1 Å². The Kier molecular flexibility index (Phi) is 6.46. The highest BCUT2D eigenvalue weighted by Gasteiger charge is 2.26. The van der Waals surface area contributed by atoms with Gasteiger partial charge in [-0.1, -0.05) is 11.6 Å². The molecule has 1 N–H and O–H groups in total. The fourth-order valence-electron chi connectivity index (χ4n) is 3.85. The lowest BCUT2D eigenvalue weighted by atomic mass is 9.84. The molecule has 7 heteroatoms. The normalized spacial score (nSPS) is 24.2. The van der Waals surface area contributed by atoms with E-state index in [-0.39, 0.29) is 12.1 Å². The largest absolute Gasteiger partial charge is 0.444 e. The zero-order valence-electron chi connectivity index (χ0n) is 16.0. The van der Waals surface area contributed by atoms with Crippen molar-refractivity contribution in [2.24, 2.45) is 5.92 Å². The molecule has 26 heavy (non-hydrogen) atoms. The van der Waals surface area contributed by atoms with E-state index >= 15 is 0 Å². The fraction of sp³-hybridized carbons (Fsp3) is 0.789. The minimum Gasteiger partial charge on any atom is -0.444 e. The molecule has 1 aromatic heterocycles. The van der Waals surface area contributed by atoms with Gasteiger partial charge in [0.25, 0.3) is 0 Å². The molecule has 3 rings (SSSR count). The summed E-state index contributed by atoms with van der Waals surface area (Å²) < 4.78 is 6.03. The number of alkyl carbamates (subject to hydrolysis) is 1. The number of hydrogen-bond acceptors (Lipinski definition) is 5. The van der Waals surface area contributed by atoms with E-state index in [1.165, 1.54) is 29.8 Å².